The highest BCUT2D eigenvalue weighted by atomic mass is 16.5. The molecule has 1 atom stereocenters. The van der Waals surface area contributed by atoms with E-state index >= 15 is 0 Å². The second-order valence-electron chi connectivity index (χ2n) is 7.84. The average molecular weight is 391 g/mol. The van der Waals surface area contributed by atoms with Crippen LogP contribution in [0.2, 0.25) is 0 Å². The van der Waals surface area contributed by atoms with Crippen molar-refractivity contribution in [1.29, 1.82) is 0 Å². The van der Waals surface area contributed by atoms with Crippen LogP contribution in [0.3, 0.4) is 0 Å². The summed E-state index contributed by atoms with van der Waals surface area (Å²) in [4.78, 5) is 19.0. The Balaban J connectivity index is 1.50. The van der Waals surface area contributed by atoms with Gasteiger partial charge in [-0.05, 0) is 63.6 Å². The summed E-state index contributed by atoms with van der Waals surface area (Å²) in [6.07, 6.45) is 0.494. The number of benzene rings is 2. The molecule has 29 heavy (non-hydrogen) atoms. The van der Waals surface area contributed by atoms with Crippen molar-refractivity contribution in [3.05, 3.63) is 59.5 Å². The third kappa shape index (κ3) is 4.01. The van der Waals surface area contributed by atoms with E-state index in [0.29, 0.717) is 24.7 Å². The first-order valence-corrected chi connectivity index (χ1v) is 9.89. The minimum absolute atomic E-state index is 0.0805. The smallest absolute Gasteiger partial charge is 0.232 e. The van der Waals surface area contributed by atoms with Crippen LogP contribution in [0.15, 0.2) is 47.0 Å². The molecule has 4 rings (SSSR count). The zero-order valence-corrected chi connectivity index (χ0v) is 17.2. The van der Waals surface area contributed by atoms with Gasteiger partial charge in [-0.2, -0.15) is 4.98 Å². The molecular formula is C23H25N3O3. The molecule has 3 aromatic rings. The Morgan fingerprint density at radius 1 is 1.14 bits per heavy atom. The maximum absolute atomic E-state index is 12.6. The van der Waals surface area contributed by atoms with Crippen LogP contribution in [0.5, 0.6) is 5.75 Å². The highest BCUT2D eigenvalue weighted by Gasteiger charge is 2.35. The molecule has 0 N–H and O–H groups in total. The quantitative estimate of drug-likeness (QED) is 0.633. The van der Waals surface area contributed by atoms with Gasteiger partial charge in [-0.25, -0.2) is 0 Å². The maximum Gasteiger partial charge on any atom is 0.232 e. The van der Waals surface area contributed by atoms with Gasteiger partial charge in [0.2, 0.25) is 17.6 Å². The first-order valence-electron chi connectivity index (χ1n) is 9.89. The summed E-state index contributed by atoms with van der Waals surface area (Å²) in [6, 6.07) is 13.7. The lowest BCUT2D eigenvalue weighted by Gasteiger charge is -2.19. The van der Waals surface area contributed by atoms with Gasteiger partial charge in [-0.15, -0.1) is 0 Å². The number of carbonyl (C=O) groups excluding carboxylic acids is 1. The van der Waals surface area contributed by atoms with Crippen LogP contribution in [0.4, 0.5) is 5.69 Å². The lowest BCUT2D eigenvalue weighted by molar-refractivity contribution is -0.117. The maximum atomic E-state index is 12.6. The van der Waals surface area contributed by atoms with Crippen LogP contribution < -0.4 is 9.64 Å². The lowest BCUT2D eigenvalue weighted by Crippen LogP contribution is -2.25. The molecule has 0 saturated carbocycles. The van der Waals surface area contributed by atoms with E-state index in [9.17, 15) is 4.79 Å². The fourth-order valence-electron chi connectivity index (χ4n) is 3.69. The van der Waals surface area contributed by atoms with Crippen molar-refractivity contribution < 1.29 is 14.1 Å². The van der Waals surface area contributed by atoms with Crippen molar-refractivity contribution in [2.45, 2.75) is 46.1 Å². The van der Waals surface area contributed by atoms with E-state index in [2.05, 4.69) is 16.2 Å². The van der Waals surface area contributed by atoms with Gasteiger partial charge in [-0.3, -0.25) is 4.79 Å². The number of amides is 1. The number of ether oxygens (including phenoxy) is 1. The van der Waals surface area contributed by atoms with Crippen LogP contribution in [-0.2, 0) is 4.79 Å². The van der Waals surface area contributed by atoms with E-state index in [1.165, 1.54) is 5.56 Å². The molecule has 0 aliphatic carbocycles. The predicted molar refractivity (Wildman–Crippen MR) is 111 cm³/mol. The van der Waals surface area contributed by atoms with Crippen molar-refractivity contribution in [3.8, 4) is 17.1 Å². The van der Waals surface area contributed by atoms with E-state index in [1.807, 2.05) is 69.0 Å². The van der Waals surface area contributed by atoms with E-state index < -0.39 is 0 Å². The van der Waals surface area contributed by atoms with E-state index in [4.69, 9.17) is 9.26 Å². The number of hydrogen-bond donors (Lipinski definition) is 0. The summed E-state index contributed by atoms with van der Waals surface area (Å²) < 4.78 is 11.2. The largest absolute Gasteiger partial charge is 0.491 e. The van der Waals surface area contributed by atoms with Crippen molar-refractivity contribution in [2.24, 2.45) is 0 Å². The first-order chi connectivity index (χ1) is 13.9. The summed E-state index contributed by atoms with van der Waals surface area (Å²) in [5, 5.41) is 4.12. The van der Waals surface area contributed by atoms with Crippen LogP contribution in [0, 0.1) is 13.8 Å². The molecule has 6 nitrogen and oxygen atoms in total. The molecule has 0 spiro atoms. The van der Waals surface area contributed by atoms with Gasteiger partial charge in [-0.1, -0.05) is 22.9 Å². The molecule has 1 saturated heterocycles. The zero-order chi connectivity index (χ0) is 20.5. The third-order valence-corrected chi connectivity index (χ3v) is 5.04. The zero-order valence-electron chi connectivity index (χ0n) is 17.2. The summed E-state index contributed by atoms with van der Waals surface area (Å²) in [5.41, 5.74) is 4.07. The standard InChI is InChI=1S/C23H25N3O3/c1-14(2)28-19-8-6-17(7-9-19)22-24-23(29-25-22)18-12-21(27)26(13-18)20-10-5-15(3)11-16(20)4/h5-11,14,18H,12-13H2,1-4H3/t18-/m1/s1. The van der Waals surface area contributed by atoms with Crippen LogP contribution in [0.25, 0.3) is 11.4 Å². The van der Waals surface area contributed by atoms with Gasteiger partial charge in [0.25, 0.3) is 0 Å². The first kappa shape index (κ1) is 19.2. The monoisotopic (exact) mass is 391 g/mol. The number of anilines is 1. The Kier molecular flexibility index (Phi) is 5.09. The normalized spacial score (nSPS) is 16.7. The summed E-state index contributed by atoms with van der Waals surface area (Å²) in [7, 11) is 0. The summed E-state index contributed by atoms with van der Waals surface area (Å²) >= 11 is 0. The van der Waals surface area contributed by atoms with E-state index in [1.54, 1.807) is 0 Å². The molecule has 1 fully saturated rings. The highest BCUT2D eigenvalue weighted by molar-refractivity contribution is 5.97. The SMILES string of the molecule is Cc1ccc(N2C[C@H](c3nc(-c4ccc(OC(C)C)cc4)no3)CC2=O)c(C)c1. The lowest BCUT2D eigenvalue weighted by atomic mass is 10.1. The second-order valence-corrected chi connectivity index (χ2v) is 7.84. The molecule has 1 aliphatic rings. The Morgan fingerprint density at radius 3 is 2.59 bits per heavy atom. The van der Waals surface area contributed by atoms with Crippen molar-refractivity contribution in [3.63, 3.8) is 0 Å². The van der Waals surface area contributed by atoms with Gasteiger partial charge in [0.05, 0.1) is 12.0 Å². The minimum atomic E-state index is -0.104. The number of rotatable bonds is 5. The third-order valence-electron chi connectivity index (χ3n) is 5.04. The number of hydrogen-bond acceptors (Lipinski definition) is 5. The van der Waals surface area contributed by atoms with Crippen molar-refractivity contribution in [2.75, 3.05) is 11.4 Å². The number of aromatic nitrogens is 2. The molecule has 0 bridgehead atoms. The van der Waals surface area contributed by atoms with Gasteiger partial charge >= 0.3 is 0 Å². The van der Waals surface area contributed by atoms with Crippen LogP contribution in [0.1, 0.15) is 43.2 Å². The molecule has 6 heteroatoms. The molecule has 2 aromatic carbocycles. The molecule has 150 valence electrons. The highest BCUT2D eigenvalue weighted by Crippen LogP contribution is 2.33. The molecule has 0 radical (unpaired) electrons. The Labute approximate surface area is 170 Å². The number of nitrogens with zero attached hydrogens (tertiary/aromatic N) is 3. The van der Waals surface area contributed by atoms with Crippen LogP contribution >= 0.6 is 0 Å². The fraction of sp³-hybridized carbons (Fsp3) is 0.348. The van der Waals surface area contributed by atoms with Gasteiger partial charge in [0.15, 0.2) is 0 Å². The second kappa shape index (κ2) is 7.70. The molecule has 1 aliphatic heterocycles. The van der Waals surface area contributed by atoms with E-state index in [0.717, 1.165) is 22.6 Å². The Bertz CT molecular complexity index is 1020. The summed E-state index contributed by atoms with van der Waals surface area (Å²) in [5.74, 6) is 1.81. The molecule has 1 aromatic heterocycles. The topological polar surface area (TPSA) is 68.5 Å². The van der Waals surface area contributed by atoms with Gasteiger partial charge in [0.1, 0.15) is 5.75 Å². The Morgan fingerprint density at radius 2 is 1.90 bits per heavy atom. The van der Waals surface area contributed by atoms with Gasteiger partial charge < -0.3 is 14.2 Å². The number of carbonyl (C=O) groups is 1. The van der Waals surface area contributed by atoms with E-state index in [-0.39, 0.29) is 17.9 Å². The predicted octanol–water partition coefficient (Wildman–Crippen LogP) is 4.66. The van der Waals surface area contributed by atoms with Crippen molar-refractivity contribution >= 4 is 11.6 Å². The van der Waals surface area contributed by atoms with Crippen molar-refractivity contribution in [1.82, 2.24) is 10.1 Å². The summed E-state index contributed by atoms with van der Waals surface area (Å²) in [6.45, 7) is 8.60. The van der Waals surface area contributed by atoms with Crippen LogP contribution in [-0.4, -0.2) is 28.7 Å². The molecular weight excluding hydrogens is 366 g/mol. The molecule has 0 unspecified atom stereocenters. The Hall–Kier alpha value is -3.15. The van der Waals surface area contributed by atoms with Gasteiger partial charge in [0, 0.05) is 24.2 Å². The fourth-order valence-corrected chi connectivity index (χ4v) is 3.69. The molecule has 2 heterocycles. The minimum Gasteiger partial charge on any atom is -0.491 e. The molecule has 1 amide bonds. The number of aryl methyl sites for hydroxylation is 2. The average Bonchev–Trinajstić information content (AvgIpc) is 3.29.